The normalized spacial score (nSPS) is 15.2. The molecule has 0 saturated carbocycles. The lowest BCUT2D eigenvalue weighted by atomic mass is 10.0. The zero-order chi connectivity index (χ0) is 27.9. The van der Waals surface area contributed by atoms with Gasteiger partial charge in [0.2, 0.25) is 11.8 Å². The third-order valence-electron chi connectivity index (χ3n) is 6.72. The predicted octanol–water partition coefficient (Wildman–Crippen LogP) is 4.96. The second-order valence-electron chi connectivity index (χ2n) is 9.75. The monoisotopic (exact) mass is 532 g/mol. The number of benzodiazepines with no additional fused rings is 1. The third-order valence-corrected chi connectivity index (χ3v) is 6.72. The molecule has 40 heavy (non-hydrogen) atoms. The molecule has 0 radical (unpaired) electrons. The van der Waals surface area contributed by atoms with Gasteiger partial charge in [0.05, 0.1) is 18.7 Å². The van der Waals surface area contributed by atoms with Crippen LogP contribution in [-0.2, 0) is 16.0 Å². The van der Waals surface area contributed by atoms with Gasteiger partial charge in [0.15, 0.2) is 0 Å². The maximum atomic E-state index is 13.2. The molecule has 0 spiro atoms. The summed E-state index contributed by atoms with van der Waals surface area (Å²) in [5.41, 5.74) is 4.57. The Morgan fingerprint density at radius 2 is 1.55 bits per heavy atom. The molecule has 0 fully saturated rings. The van der Waals surface area contributed by atoms with Gasteiger partial charge in [0.25, 0.3) is 0 Å². The van der Waals surface area contributed by atoms with Crippen LogP contribution >= 0.6 is 0 Å². The molecule has 2 N–H and O–H groups in total. The fraction of sp³-hybridized carbons (Fsp3) is 0.182. The van der Waals surface area contributed by atoms with Crippen LogP contribution in [0.5, 0.6) is 11.5 Å². The molecule has 4 aromatic carbocycles. The summed E-state index contributed by atoms with van der Waals surface area (Å²) >= 11 is 0. The Morgan fingerprint density at radius 3 is 2.33 bits per heavy atom. The summed E-state index contributed by atoms with van der Waals surface area (Å²) < 4.78 is 5.98. The summed E-state index contributed by atoms with van der Waals surface area (Å²) in [6.45, 7) is 2.17. The average molecular weight is 533 g/mol. The van der Waals surface area contributed by atoms with Crippen molar-refractivity contribution in [2.45, 2.75) is 25.6 Å². The number of ether oxygens (including phenoxy) is 1. The number of amides is 2. The van der Waals surface area contributed by atoms with E-state index in [1.807, 2.05) is 110 Å². The van der Waals surface area contributed by atoms with Crippen molar-refractivity contribution in [3.8, 4) is 11.5 Å². The number of carbonyl (C=O) groups is 2. The average Bonchev–Trinajstić information content (AvgIpc) is 3.11. The molecule has 0 saturated heterocycles. The Labute approximate surface area is 234 Å². The number of nitrogens with zero attached hydrogens (tertiary/aromatic N) is 2. The Morgan fingerprint density at radius 1 is 0.900 bits per heavy atom. The lowest BCUT2D eigenvalue weighted by Crippen LogP contribution is -2.50. The summed E-state index contributed by atoms with van der Waals surface area (Å²) in [5.74, 6) is 0.715. The van der Waals surface area contributed by atoms with Crippen molar-refractivity contribution < 1.29 is 14.3 Å². The lowest BCUT2D eigenvalue weighted by Gasteiger charge is -2.24. The molecular formula is C33H32N4O3. The van der Waals surface area contributed by atoms with Gasteiger partial charge < -0.3 is 20.3 Å². The van der Waals surface area contributed by atoms with Gasteiger partial charge in [0.1, 0.15) is 23.7 Å². The molecule has 1 heterocycles. The summed E-state index contributed by atoms with van der Waals surface area (Å²) in [7, 11) is 1.99. The summed E-state index contributed by atoms with van der Waals surface area (Å²) in [4.78, 5) is 33.2. The molecule has 0 aromatic heterocycles. The van der Waals surface area contributed by atoms with E-state index in [0.717, 1.165) is 28.1 Å². The molecular weight excluding hydrogens is 500 g/mol. The van der Waals surface area contributed by atoms with Crippen molar-refractivity contribution in [2.24, 2.45) is 4.99 Å². The first kappa shape index (κ1) is 26.7. The Kier molecular flexibility index (Phi) is 8.21. The van der Waals surface area contributed by atoms with Crippen molar-refractivity contribution >= 4 is 23.2 Å². The van der Waals surface area contributed by atoms with Crippen molar-refractivity contribution in [2.75, 3.05) is 18.5 Å². The highest BCUT2D eigenvalue weighted by Crippen LogP contribution is 2.27. The van der Waals surface area contributed by atoms with E-state index in [4.69, 9.17) is 9.73 Å². The van der Waals surface area contributed by atoms with E-state index < -0.39 is 12.2 Å². The molecule has 2 atom stereocenters. The van der Waals surface area contributed by atoms with Crippen LogP contribution in [0.15, 0.2) is 114 Å². The second kappa shape index (κ2) is 12.3. The minimum Gasteiger partial charge on any atom is -0.457 e. The van der Waals surface area contributed by atoms with Gasteiger partial charge in [-0.1, -0.05) is 84.9 Å². The number of fused-ring (bicyclic) bond motifs is 1. The van der Waals surface area contributed by atoms with E-state index in [9.17, 15) is 9.59 Å². The van der Waals surface area contributed by atoms with Crippen LogP contribution in [0.4, 0.5) is 5.69 Å². The standard InChI is InChI=1S/C33H32N4O3/c1-23(34-31(38)21-25-15-9-12-20-29(25)40-26-16-7-4-8-17-26)33(39)36-30-22-37(2)28-19-11-10-18-27(28)32(35-30)24-13-5-3-6-14-24/h3-20,23,30H,21-22H2,1-2H3,(H,34,38)(H,36,39)/t23-,30+/m0/s1. The van der Waals surface area contributed by atoms with Crippen molar-refractivity contribution in [1.29, 1.82) is 0 Å². The van der Waals surface area contributed by atoms with Crippen LogP contribution in [0.1, 0.15) is 23.6 Å². The highest BCUT2D eigenvalue weighted by Gasteiger charge is 2.25. The number of benzene rings is 4. The number of aliphatic imine (C=N–C) groups is 1. The van der Waals surface area contributed by atoms with Gasteiger partial charge in [-0.05, 0) is 31.2 Å². The maximum Gasteiger partial charge on any atom is 0.243 e. The van der Waals surface area contributed by atoms with Gasteiger partial charge in [0, 0.05) is 29.4 Å². The molecule has 5 rings (SSSR count). The molecule has 0 aliphatic carbocycles. The maximum absolute atomic E-state index is 13.2. The molecule has 1 aliphatic rings. The summed E-state index contributed by atoms with van der Waals surface area (Å²) in [6.07, 6.45) is -0.419. The van der Waals surface area contributed by atoms with E-state index in [1.54, 1.807) is 6.92 Å². The molecule has 0 unspecified atom stereocenters. The number of rotatable bonds is 8. The largest absolute Gasteiger partial charge is 0.457 e. The number of anilines is 1. The molecule has 202 valence electrons. The SMILES string of the molecule is C[C@H](NC(=O)Cc1ccccc1Oc1ccccc1)C(=O)N[C@@H]1CN(C)c2ccccc2C(c2ccccc2)=N1. The highest BCUT2D eigenvalue weighted by molar-refractivity contribution is 6.16. The Hall–Kier alpha value is -4.91. The Bertz CT molecular complexity index is 1500. The van der Waals surface area contributed by atoms with Gasteiger partial charge >= 0.3 is 0 Å². The second-order valence-corrected chi connectivity index (χ2v) is 9.75. The smallest absolute Gasteiger partial charge is 0.243 e. The van der Waals surface area contributed by atoms with E-state index in [2.05, 4.69) is 21.6 Å². The molecule has 2 amide bonds. The van der Waals surface area contributed by atoms with Crippen LogP contribution in [0, 0.1) is 0 Å². The summed E-state index contributed by atoms with van der Waals surface area (Å²) in [6, 6.07) is 34.1. The number of nitrogens with one attached hydrogen (secondary N) is 2. The minimum absolute atomic E-state index is 0.0818. The van der Waals surface area contributed by atoms with E-state index in [0.29, 0.717) is 18.0 Å². The Balaban J connectivity index is 1.26. The molecule has 0 bridgehead atoms. The topological polar surface area (TPSA) is 83.0 Å². The molecule has 1 aliphatic heterocycles. The van der Waals surface area contributed by atoms with Crippen LogP contribution in [-0.4, -0.2) is 43.3 Å². The lowest BCUT2D eigenvalue weighted by molar-refractivity contribution is -0.128. The number of carbonyl (C=O) groups excluding carboxylic acids is 2. The van der Waals surface area contributed by atoms with Gasteiger partial charge in [-0.15, -0.1) is 0 Å². The fourth-order valence-corrected chi connectivity index (χ4v) is 4.72. The molecule has 7 heteroatoms. The van der Waals surface area contributed by atoms with Gasteiger partial charge in [-0.3, -0.25) is 14.6 Å². The van der Waals surface area contributed by atoms with Crippen molar-refractivity contribution in [1.82, 2.24) is 10.6 Å². The minimum atomic E-state index is -0.749. The third kappa shape index (κ3) is 6.38. The van der Waals surface area contributed by atoms with Crippen LogP contribution in [0.2, 0.25) is 0 Å². The van der Waals surface area contributed by atoms with Gasteiger partial charge in [-0.2, -0.15) is 0 Å². The van der Waals surface area contributed by atoms with Crippen LogP contribution in [0.25, 0.3) is 0 Å². The van der Waals surface area contributed by atoms with Gasteiger partial charge in [-0.25, -0.2) is 0 Å². The highest BCUT2D eigenvalue weighted by atomic mass is 16.5. The van der Waals surface area contributed by atoms with E-state index in [1.165, 1.54) is 0 Å². The van der Waals surface area contributed by atoms with Crippen LogP contribution < -0.4 is 20.3 Å². The first-order valence-corrected chi connectivity index (χ1v) is 13.3. The van der Waals surface area contributed by atoms with E-state index in [-0.39, 0.29) is 18.2 Å². The number of para-hydroxylation sites is 3. The summed E-state index contributed by atoms with van der Waals surface area (Å²) in [5, 5.41) is 5.86. The molecule has 4 aromatic rings. The van der Waals surface area contributed by atoms with E-state index >= 15 is 0 Å². The van der Waals surface area contributed by atoms with Crippen LogP contribution in [0.3, 0.4) is 0 Å². The first-order chi connectivity index (χ1) is 19.5. The number of likely N-dealkylation sites (N-methyl/N-ethyl adjacent to an activating group) is 1. The van der Waals surface area contributed by atoms with Crippen molar-refractivity contribution in [3.63, 3.8) is 0 Å². The first-order valence-electron chi connectivity index (χ1n) is 13.3. The number of hydrogen-bond donors (Lipinski definition) is 2. The fourth-order valence-electron chi connectivity index (χ4n) is 4.72. The molecule has 7 nitrogen and oxygen atoms in total. The zero-order valence-electron chi connectivity index (χ0n) is 22.6. The quantitative estimate of drug-likeness (QED) is 0.336. The van der Waals surface area contributed by atoms with Crippen molar-refractivity contribution in [3.05, 3.63) is 126 Å². The number of hydrogen-bond acceptors (Lipinski definition) is 5. The zero-order valence-corrected chi connectivity index (χ0v) is 22.6. The predicted molar refractivity (Wildman–Crippen MR) is 158 cm³/mol.